The second kappa shape index (κ2) is 12.3. The van der Waals surface area contributed by atoms with Crippen molar-refractivity contribution in [3.8, 4) is 0 Å². The summed E-state index contributed by atoms with van der Waals surface area (Å²) in [4.78, 5) is 28.4. The van der Waals surface area contributed by atoms with Gasteiger partial charge in [-0.05, 0) is 75.7 Å². The monoisotopic (exact) mass is 619 g/mol. The lowest BCUT2D eigenvalue weighted by molar-refractivity contribution is -0.140. The van der Waals surface area contributed by atoms with Crippen LogP contribution in [-0.4, -0.2) is 43.3 Å². The highest BCUT2D eigenvalue weighted by atomic mass is 79.9. The van der Waals surface area contributed by atoms with Crippen LogP contribution in [0, 0.1) is 0 Å². The molecule has 7 nitrogen and oxygen atoms in total. The van der Waals surface area contributed by atoms with E-state index in [0.29, 0.717) is 15.2 Å². The zero-order valence-corrected chi connectivity index (χ0v) is 24.8. The van der Waals surface area contributed by atoms with Gasteiger partial charge in [-0.25, -0.2) is 8.42 Å². The highest BCUT2D eigenvalue weighted by Crippen LogP contribution is 2.27. The van der Waals surface area contributed by atoms with Crippen molar-refractivity contribution in [2.45, 2.75) is 50.7 Å². The average Bonchev–Trinajstić information content (AvgIpc) is 2.85. The minimum Gasteiger partial charge on any atom is -0.350 e. The molecule has 0 aliphatic rings. The molecule has 0 heterocycles. The van der Waals surface area contributed by atoms with Crippen molar-refractivity contribution in [3.63, 3.8) is 0 Å². The Kier molecular flexibility index (Phi) is 9.62. The van der Waals surface area contributed by atoms with Gasteiger partial charge in [0.15, 0.2) is 0 Å². The molecular weight excluding hydrogens is 590 g/mol. The second-order valence-electron chi connectivity index (χ2n) is 9.87. The number of nitrogens with one attached hydrogen (secondary N) is 1. The molecule has 10 heteroatoms. The van der Waals surface area contributed by atoms with Gasteiger partial charge in [-0.3, -0.25) is 13.9 Å². The summed E-state index contributed by atoms with van der Waals surface area (Å²) in [6, 6.07) is 20.7. The molecule has 0 radical (unpaired) electrons. The number of carbonyl (C=O) groups excluding carboxylic acids is 2. The predicted molar refractivity (Wildman–Crippen MR) is 154 cm³/mol. The maximum absolute atomic E-state index is 13.9. The normalized spacial score (nSPS) is 12.5. The lowest BCUT2D eigenvalue weighted by atomic mass is 10.1. The summed E-state index contributed by atoms with van der Waals surface area (Å²) in [5.74, 6) is -0.879. The van der Waals surface area contributed by atoms with Crippen LogP contribution in [0.3, 0.4) is 0 Å². The van der Waals surface area contributed by atoms with Crippen molar-refractivity contribution >= 4 is 55.1 Å². The van der Waals surface area contributed by atoms with Gasteiger partial charge in [0.1, 0.15) is 12.6 Å². The summed E-state index contributed by atoms with van der Waals surface area (Å²) in [6.45, 7) is 6.77. The van der Waals surface area contributed by atoms with Crippen LogP contribution in [0.25, 0.3) is 0 Å². The SMILES string of the molecule is CC(C(=O)NC(C)(C)C)N(Cc1ccc(Cl)cc1)C(=O)CN(c1cccc(Br)c1)S(=O)(=O)c1ccccc1. The lowest BCUT2D eigenvalue weighted by Crippen LogP contribution is -2.54. The maximum Gasteiger partial charge on any atom is 0.264 e. The molecule has 2 amide bonds. The minimum absolute atomic E-state index is 0.0514. The number of sulfonamides is 1. The fourth-order valence-corrected chi connectivity index (χ4v) is 5.66. The van der Waals surface area contributed by atoms with Gasteiger partial charge in [-0.15, -0.1) is 0 Å². The third-order valence-electron chi connectivity index (χ3n) is 5.64. The van der Waals surface area contributed by atoms with Gasteiger partial charge in [-0.2, -0.15) is 0 Å². The van der Waals surface area contributed by atoms with E-state index in [0.717, 1.165) is 9.87 Å². The Morgan fingerprint density at radius 2 is 1.61 bits per heavy atom. The Bertz CT molecular complexity index is 1380. The molecule has 0 aliphatic carbocycles. The van der Waals surface area contributed by atoms with E-state index in [1.807, 2.05) is 20.8 Å². The number of hydrogen-bond acceptors (Lipinski definition) is 4. The molecule has 0 bridgehead atoms. The van der Waals surface area contributed by atoms with Crippen LogP contribution in [-0.2, 0) is 26.2 Å². The van der Waals surface area contributed by atoms with Crippen LogP contribution in [0.15, 0.2) is 88.2 Å². The number of rotatable bonds is 9. The van der Waals surface area contributed by atoms with Gasteiger partial charge in [0.2, 0.25) is 11.8 Å². The molecule has 3 aromatic carbocycles. The number of anilines is 1. The van der Waals surface area contributed by atoms with Gasteiger partial charge in [0.05, 0.1) is 10.6 Å². The van der Waals surface area contributed by atoms with Crippen LogP contribution >= 0.6 is 27.5 Å². The first kappa shape index (κ1) is 29.7. The number of carbonyl (C=O) groups is 2. The molecule has 0 saturated heterocycles. The molecule has 0 aromatic heterocycles. The first-order valence-corrected chi connectivity index (χ1v) is 14.6. The predicted octanol–water partition coefficient (Wildman–Crippen LogP) is 5.63. The fourth-order valence-electron chi connectivity index (χ4n) is 3.72. The molecule has 202 valence electrons. The molecular formula is C28H31BrClN3O4S. The number of hydrogen-bond donors (Lipinski definition) is 1. The molecule has 0 fully saturated rings. The molecule has 3 aromatic rings. The van der Waals surface area contributed by atoms with E-state index in [9.17, 15) is 18.0 Å². The third kappa shape index (κ3) is 7.82. The quantitative estimate of drug-likeness (QED) is 0.336. The first-order chi connectivity index (χ1) is 17.8. The minimum atomic E-state index is -4.11. The number of benzene rings is 3. The van der Waals surface area contributed by atoms with Crippen LogP contribution in [0.5, 0.6) is 0 Å². The van der Waals surface area contributed by atoms with Crippen LogP contribution < -0.4 is 9.62 Å². The van der Waals surface area contributed by atoms with E-state index in [-0.39, 0.29) is 17.3 Å². The Balaban J connectivity index is 2.02. The number of halogens is 2. The summed E-state index contributed by atoms with van der Waals surface area (Å²) in [6.07, 6.45) is 0. The third-order valence-corrected chi connectivity index (χ3v) is 8.17. The Morgan fingerprint density at radius 3 is 2.18 bits per heavy atom. The Morgan fingerprint density at radius 1 is 0.974 bits per heavy atom. The topological polar surface area (TPSA) is 86.8 Å². The second-order valence-corrected chi connectivity index (χ2v) is 13.1. The standard InChI is InChI=1S/C28H31BrClN3O4S/c1-20(27(35)31-28(2,3)4)32(18-21-13-15-23(30)16-14-21)26(34)19-33(24-10-8-9-22(29)17-24)38(36,37)25-11-6-5-7-12-25/h5-17,20H,18-19H2,1-4H3,(H,31,35). The highest BCUT2D eigenvalue weighted by Gasteiger charge is 2.33. The average molecular weight is 621 g/mol. The fraction of sp³-hybridized carbons (Fsp3) is 0.286. The van der Waals surface area contributed by atoms with Gasteiger partial charge in [0, 0.05) is 21.6 Å². The van der Waals surface area contributed by atoms with Crippen molar-refractivity contribution < 1.29 is 18.0 Å². The molecule has 1 atom stereocenters. The Labute approximate surface area is 238 Å². The number of nitrogens with zero attached hydrogens (tertiary/aromatic N) is 2. The van der Waals surface area contributed by atoms with E-state index in [4.69, 9.17) is 11.6 Å². The summed E-state index contributed by atoms with van der Waals surface area (Å²) in [7, 11) is -4.11. The summed E-state index contributed by atoms with van der Waals surface area (Å²) >= 11 is 9.42. The summed E-state index contributed by atoms with van der Waals surface area (Å²) < 4.78 is 29.2. The number of amides is 2. The van der Waals surface area contributed by atoms with Gasteiger partial charge < -0.3 is 10.2 Å². The first-order valence-electron chi connectivity index (χ1n) is 12.0. The van der Waals surface area contributed by atoms with Gasteiger partial charge >= 0.3 is 0 Å². The van der Waals surface area contributed by atoms with E-state index >= 15 is 0 Å². The zero-order valence-electron chi connectivity index (χ0n) is 21.7. The zero-order chi connectivity index (χ0) is 28.1. The van der Waals surface area contributed by atoms with E-state index in [1.165, 1.54) is 17.0 Å². The molecule has 1 unspecified atom stereocenters. The summed E-state index contributed by atoms with van der Waals surface area (Å²) in [5, 5.41) is 3.45. The van der Waals surface area contributed by atoms with Crippen LogP contribution in [0.2, 0.25) is 5.02 Å². The molecule has 38 heavy (non-hydrogen) atoms. The molecule has 3 rings (SSSR count). The van der Waals surface area contributed by atoms with Crippen LogP contribution in [0.4, 0.5) is 5.69 Å². The highest BCUT2D eigenvalue weighted by molar-refractivity contribution is 9.10. The van der Waals surface area contributed by atoms with Crippen molar-refractivity contribution in [2.24, 2.45) is 0 Å². The lowest BCUT2D eigenvalue weighted by Gasteiger charge is -2.33. The van der Waals surface area contributed by atoms with Crippen molar-refractivity contribution in [2.75, 3.05) is 10.8 Å². The molecule has 0 saturated carbocycles. The van der Waals surface area contributed by atoms with Crippen LogP contribution in [0.1, 0.15) is 33.3 Å². The smallest absolute Gasteiger partial charge is 0.264 e. The van der Waals surface area contributed by atoms with E-state index < -0.39 is 34.1 Å². The maximum atomic E-state index is 13.9. The van der Waals surface area contributed by atoms with Crippen molar-refractivity contribution in [1.82, 2.24) is 10.2 Å². The van der Waals surface area contributed by atoms with Crippen molar-refractivity contribution in [1.29, 1.82) is 0 Å². The van der Waals surface area contributed by atoms with E-state index in [2.05, 4.69) is 21.2 Å². The molecule has 0 aliphatic heterocycles. The Hall–Kier alpha value is -2.88. The van der Waals surface area contributed by atoms with Gasteiger partial charge in [0.25, 0.3) is 10.0 Å². The van der Waals surface area contributed by atoms with E-state index in [1.54, 1.807) is 73.7 Å². The largest absolute Gasteiger partial charge is 0.350 e. The summed E-state index contributed by atoms with van der Waals surface area (Å²) in [5.41, 5.74) is 0.548. The molecule has 1 N–H and O–H groups in total. The van der Waals surface area contributed by atoms with Gasteiger partial charge in [-0.1, -0.05) is 63.9 Å². The molecule has 0 spiro atoms. The van der Waals surface area contributed by atoms with Crippen molar-refractivity contribution in [3.05, 3.63) is 93.9 Å².